The number of ether oxygens (including phenoxy) is 1. The van der Waals surface area contributed by atoms with Gasteiger partial charge in [-0.15, -0.1) is 0 Å². The van der Waals surface area contributed by atoms with Crippen molar-refractivity contribution in [3.8, 4) is 5.75 Å². The number of carbonyl (C=O) groups is 2. The van der Waals surface area contributed by atoms with Crippen LogP contribution in [0.2, 0.25) is 0 Å². The summed E-state index contributed by atoms with van der Waals surface area (Å²) in [6.07, 6.45) is 3.86. The van der Waals surface area contributed by atoms with Crippen LogP contribution in [-0.4, -0.2) is 42.4 Å². The van der Waals surface area contributed by atoms with E-state index in [0.29, 0.717) is 24.3 Å². The highest BCUT2D eigenvalue weighted by Gasteiger charge is 2.38. The zero-order valence-corrected chi connectivity index (χ0v) is 15.2. The number of rotatable bonds is 5. The van der Waals surface area contributed by atoms with Crippen LogP contribution in [0.15, 0.2) is 42.7 Å². The number of amides is 2. The summed E-state index contributed by atoms with van der Waals surface area (Å²) in [4.78, 5) is 30.5. The molecule has 1 aliphatic rings. The molecule has 3 rings (SSSR count). The van der Waals surface area contributed by atoms with Crippen molar-refractivity contribution in [3.05, 3.63) is 59.4 Å². The molecule has 0 aliphatic carbocycles. The van der Waals surface area contributed by atoms with Crippen LogP contribution in [-0.2, 0) is 4.79 Å². The second-order valence-electron chi connectivity index (χ2n) is 6.59. The van der Waals surface area contributed by atoms with Crippen LogP contribution >= 0.6 is 0 Å². The first-order chi connectivity index (χ1) is 12.5. The van der Waals surface area contributed by atoms with Gasteiger partial charge in [-0.3, -0.25) is 14.6 Å². The Morgan fingerprint density at radius 3 is 2.73 bits per heavy atom. The zero-order valence-electron chi connectivity index (χ0n) is 15.2. The number of pyridine rings is 1. The second-order valence-corrected chi connectivity index (χ2v) is 6.59. The molecule has 6 heteroatoms. The number of benzene rings is 1. The van der Waals surface area contributed by atoms with Crippen molar-refractivity contribution in [1.82, 2.24) is 15.2 Å². The Labute approximate surface area is 153 Å². The van der Waals surface area contributed by atoms with E-state index in [1.165, 1.54) is 0 Å². The molecule has 0 spiro atoms. The number of hydrogen-bond acceptors (Lipinski definition) is 4. The van der Waals surface area contributed by atoms with Gasteiger partial charge in [0.2, 0.25) is 5.91 Å². The minimum atomic E-state index is -0.168. The van der Waals surface area contributed by atoms with Crippen LogP contribution < -0.4 is 10.1 Å². The van der Waals surface area contributed by atoms with Crippen LogP contribution in [0, 0.1) is 12.8 Å². The van der Waals surface area contributed by atoms with Gasteiger partial charge in [-0.25, -0.2) is 0 Å². The number of hydrogen-bond donors (Lipinski definition) is 1. The van der Waals surface area contributed by atoms with Gasteiger partial charge >= 0.3 is 0 Å². The molecule has 1 fully saturated rings. The number of aryl methyl sites for hydroxylation is 1. The summed E-state index contributed by atoms with van der Waals surface area (Å²) in [5, 5.41) is 2.96. The number of likely N-dealkylation sites (tertiary alicyclic amines) is 1. The summed E-state index contributed by atoms with van der Waals surface area (Å²) in [5.41, 5.74) is 2.56. The van der Waals surface area contributed by atoms with E-state index in [2.05, 4.69) is 10.3 Å². The minimum Gasteiger partial charge on any atom is -0.496 e. The van der Waals surface area contributed by atoms with E-state index in [-0.39, 0.29) is 23.8 Å². The maximum atomic E-state index is 12.5. The van der Waals surface area contributed by atoms with Crippen LogP contribution in [0.5, 0.6) is 5.75 Å². The first-order valence-corrected chi connectivity index (χ1v) is 8.59. The molecule has 2 heterocycles. The number of carbonyl (C=O) groups excluding carboxylic acids is 2. The van der Waals surface area contributed by atoms with Crippen molar-refractivity contribution < 1.29 is 14.3 Å². The van der Waals surface area contributed by atoms with Gasteiger partial charge in [-0.1, -0.05) is 6.07 Å². The van der Waals surface area contributed by atoms with Gasteiger partial charge < -0.3 is 15.0 Å². The quantitative estimate of drug-likeness (QED) is 0.896. The third-order valence-electron chi connectivity index (χ3n) is 4.94. The fourth-order valence-electron chi connectivity index (χ4n) is 3.48. The molecule has 26 heavy (non-hydrogen) atoms. The van der Waals surface area contributed by atoms with Gasteiger partial charge in [0.1, 0.15) is 5.75 Å². The van der Waals surface area contributed by atoms with Crippen molar-refractivity contribution in [2.45, 2.75) is 19.4 Å². The summed E-state index contributed by atoms with van der Waals surface area (Å²) >= 11 is 0. The molecule has 0 saturated carbocycles. The van der Waals surface area contributed by atoms with Crippen LogP contribution in [0.25, 0.3) is 0 Å². The Balaban J connectivity index is 1.71. The highest BCUT2D eigenvalue weighted by atomic mass is 16.5. The molecule has 0 bridgehead atoms. The average molecular weight is 353 g/mol. The Hall–Kier alpha value is -2.89. The normalized spacial score (nSPS) is 19.5. The van der Waals surface area contributed by atoms with E-state index in [1.54, 1.807) is 43.6 Å². The van der Waals surface area contributed by atoms with E-state index < -0.39 is 0 Å². The molecular formula is C20H23N3O3. The standard InChI is InChI=1S/C20H23N3O3/c1-13-4-5-15(10-17(13)26-3)20(25)22-12-16-11-18(24)23(2)19(16)14-6-8-21-9-7-14/h4-10,16,19H,11-12H2,1-3H3,(H,22,25)/t16-,19-/m0/s1. The molecule has 1 aromatic heterocycles. The Morgan fingerprint density at radius 2 is 2.04 bits per heavy atom. The molecule has 1 aliphatic heterocycles. The molecular weight excluding hydrogens is 330 g/mol. The van der Waals surface area contributed by atoms with Gasteiger partial charge in [0.15, 0.2) is 0 Å². The average Bonchev–Trinajstić information content (AvgIpc) is 2.94. The maximum absolute atomic E-state index is 12.5. The Kier molecular flexibility index (Phi) is 5.21. The Morgan fingerprint density at radius 1 is 1.31 bits per heavy atom. The lowest BCUT2D eigenvalue weighted by atomic mass is 9.94. The van der Waals surface area contributed by atoms with Crippen LogP contribution in [0.3, 0.4) is 0 Å². The number of nitrogens with zero attached hydrogens (tertiary/aromatic N) is 2. The highest BCUT2D eigenvalue weighted by molar-refractivity contribution is 5.94. The molecule has 1 saturated heterocycles. The predicted molar refractivity (Wildman–Crippen MR) is 97.9 cm³/mol. The molecule has 2 atom stereocenters. The number of aromatic nitrogens is 1. The van der Waals surface area contributed by atoms with Crippen LogP contribution in [0.4, 0.5) is 0 Å². The summed E-state index contributed by atoms with van der Waals surface area (Å²) in [7, 11) is 3.39. The minimum absolute atomic E-state index is 0.0196. The van der Waals surface area contributed by atoms with Crippen LogP contribution in [0.1, 0.15) is 33.9 Å². The summed E-state index contributed by atoms with van der Waals surface area (Å²) in [6.45, 7) is 2.36. The fourth-order valence-corrected chi connectivity index (χ4v) is 3.48. The molecule has 0 radical (unpaired) electrons. The largest absolute Gasteiger partial charge is 0.496 e. The van der Waals surface area contributed by atoms with E-state index in [0.717, 1.165) is 11.1 Å². The van der Waals surface area contributed by atoms with E-state index in [1.807, 2.05) is 25.1 Å². The Bertz CT molecular complexity index is 807. The fraction of sp³-hybridized carbons (Fsp3) is 0.350. The van der Waals surface area contributed by atoms with Crippen molar-refractivity contribution >= 4 is 11.8 Å². The third kappa shape index (κ3) is 3.54. The van der Waals surface area contributed by atoms with Gasteiger partial charge in [0, 0.05) is 43.9 Å². The van der Waals surface area contributed by atoms with E-state index in [9.17, 15) is 9.59 Å². The number of methoxy groups -OCH3 is 1. The van der Waals surface area contributed by atoms with Gasteiger partial charge in [-0.05, 0) is 42.3 Å². The molecule has 1 aromatic carbocycles. The van der Waals surface area contributed by atoms with Gasteiger partial charge in [0.05, 0.1) is 13.2 Å². The van der Waals surface area contributed by atoms with Gasteiger partial charge in [0.25, 0.3) is 5.91 Å². The maximum Gasteiger partial charge on any atom is 0.251 e. The first-order valence-electron chi connectivity index (χ1n) is 8.59. The zero-order chi connectivity index (χ0) is 18.7. The lowest BCUT2D eigenvalue weighted by Gasteiger charge is -2.25. The van der Waals surface area contributed by atoms with E-state index >= 15 is 0 Å². The van der Waals surface area contributed by atoms with Gasteiger partial charge in [-0.2, -0.15) is 0 Å². The number of nitrogens with one attached hydrogen (secondary N) is 1. The molecule has 0 unspecified atom stereocenters. The highest BCUT2D eigenvalue weighted by Crippen LogP contribution is 2.36. The summed E-state index contributed by atoms with van der Waals surface area (Å²) < 4.78 is 5.28. The molecule has 2 aromatic rings. The lowest BCUT2D eigenvalue weighted by molar-refractivity contribution is -0.127. The molecule has 1 N–H and O–H groups in total. The molecule has 2 amide bonds. The van der Waals surface area contributed by atoms with Crippen molar-refractivity contribution in [2.75, 3.05) is 20.7 Å². The molecule has 6 nitrogen and oxygen atoms in total. The van der Waals surface area contributed by atoms with E-state index in [4.69, 9.17) is 4.74 Å². The SMILES string of the molecule is COc1cc(C(=O)NC[C@@H]2CC(=O)N(C)[C@H]2c2ccncc2)ccc1C. The first kappa shape index (κ1) is 17.9. The monoisotopic (exact) mass is 353 g/mol. The third-order valence-corrected chi connectivity index (χ3v) is 4.94. The van der Waals surface area contributed by atoms with Crippen molar-refractivity contribution in [3.63, 3.8) is 0 Å². The van der Waals surface area contributed by atoms with Crippen molar-refractivity contribution in [2.24, 2.45) is 5.92 Å². The van der Waals surface area contributed by atoms with Crippen molar-refractivity contribution in [1.29, 1.82) is 0 Å². The second kappa shape index (κ2) is 7.56. The predicted octanol–water partition coefficient (Wildman–Crippen LogP) is 2.35. The molecule has 136 valence electrons. The smallest absolute Gasteiger partial charge is 0.251 e. The summed E-state index contributed by atoms with van der Waals surface area (Å²) in [6, 6.07) is 9.15. The summed E-state index contributed by atoms with van der Waals surface area (Å²) in [5.74, 6) is 0.621. The topological polar surface area (TPSA) is 71.5 Å². The lowest BCUT2D eigenvalue weighted by Crippen LogP contribution is -2.32.